The van der Waals surface area contributed by atoms with Gasteiger partial charge in [0, 0.05) is 11.6 Å². The molecule has 0 aliphatic heterocycles. The van der Waals surface area contributed by atoms with Gasteiger partial charge in [-0.05, 0) is 30.3 Å². The second-order valence-corrected chi connectivity index (χ2v) is 4.23. The van der Waals surface area contributed by atoms with Crippen molar-refractivity contribution >= 4 is 16.7 Å². The summed E-state index contributed by atoms with van der Waals surface area (Å²) >= 11 is 0. The maximum atomic E-state index is 12.1. The van der Waals surface area contributed by atoms with E-state index in [0.29, 0.717) is 17.0 Å². The first-order valence-corrected chi connectivity index (χ1v) is 5.88. The number of pyridine rings is 1. The third kappa shape index (κ3) is 2.60. The first kappa shape index (κ1) is 13.2. The molecule has 5 nitrogen and oxygen atoms in total. The van der Waals surface area contributed by atoms with E-state index in [4.69, 9.17) is 5.73 Å². The summed E-state index contributed by atoms with van der Waals surface area (Å²) in [6.07, 6.45) is -1.54. The molecule has 0 spiro atoms. The summed E-state index contributed by atoms with van der Waals surface area (Å²) < 4.78 is 41.7. The number of ether oxygens (including phenoxy) is 1. The molecule has 3 rings (SSSR count). The van der Waals surface area contributed by atoms with Crippen LogP contribution in [-0.2, 0) is 0 Å². The first-order valence-electron chi connectivity index (χ1n) is 5.88. The molecule has 0 aliphatic carbocycles. The fourth-order valence-corrected chi connectivity index (χ4v) is 1.97. The lowest BCUT2D eigenvalue weighted by Gasteiger charge is -2.09. The molecule has 21 heavy (non-hydrogen) atoms. The van der Waals surface area contributed by atoms with Crippen LogP contribution in [0.4, 0.5) is 19.0 Å². The summed E-state index contributed by atoms with van der Waals surface area (Å²) in [6, 6.07) is 7.06. The van der Waals surface area contributed by atoms with E-state index < -0.39 is 6.36 Å². The predicted octanol–water partition coefficient (Wildman–Crippen LogP) is 2.90. The highest BCUT2D eigenvalue weighted by Gasteiger charge is 2.31. The van der Waals surface area contributed by atoms with Gasteiger partial charge in [0.15, 0.2) is 5.82 Å². The minimum atomic E-state index is -4.71. The van der Waals surface area contributed by atoms with Crippen molar-refractivity contribution in [3.63, 3.8) is 0 Å². The van der Waals surface area contributed by atoms with Crippen molar-refractivity contribution in [3.8, 4) is 11.4 Å². The molecular weight excluding hydrogens is 285 g/mol. The third-order valence-corrected chi connectivity index (χ3v) is 2.83. The number of hydrogen-bond donors (Lipinski definition) is 1. The van der Waals surface area contributed by atoms with Gasteiger partial charge in [0.25, 0.3) is 0 Å². The lowest BCUT2D eigenvalue weighted by atomic mass is 10.3. The summed E-state index contributed by atoms with van der Waals surface area (Å²) in [7, 11) is 0. The van der Waals surface area contributed by atoms with Gasteiger partial charge in [0.2, 0.25) is 0 Å². The van der Waals surface area contributed by atoms with Crippen molar-refractivity contribution in [2.24, 2.45) is 0 Å². The molecule has 0 fully saturated rings. The van der Waals surface area contributed by atoms with E-state index in [1.807, 2.05) is 0 Å². The second kappa shape index (κ2) is 4.65. The zero-order chi connectivity index (χ0) is 15.0. The van der Waals surface area contributed by atoms with Crippen molar-refractivity contribution in [3.05, 3.63) is 42.7 Å². The van der Waals surface area contributed by atoms with Crippen molar-refractivity contribution in [2.75, 3.05) is 5.73 Å². The average molecular weight is 294 g/mol. The quantitative estimate of drug-likeness (QED) is 0.789. The number of hydrogen-bond acceptors (Lipinski definition) is 4. The van der Waals surface area contributed by atoms with Gasteiger partial charge in [-0.2, -0.15) is 0 Å². The van der Waals surface area contributed by atoms with Crippen LogP contribution in [0.5, 0.6) is 5.75 Å². The van der Waals surface area contributed by atoms with Crippen LogP contribution in [0.2, 0.25) is 0 Å². The smallest absolute Gasteiger partial charge is 0.406 e. The van der Waals surface area contributed by atoms with Gasteiger partial charge < -0.3 is 10.5 Å². The Morgan fingerprint density at radius 3 is 2.48 bits per heavy atom. The molecule has 0 aliphatic rings. The van der Waals surface area contributed by atoms with E-state index in [1.165, 1.54) is 28.9 Å². The number of fused-ring (bicyclic) bond motifs is 1. The molecule has 0 unspecified atom stereocenters. The van der Waals surface area contributed by atoms with Crippen LogP contribution < -0.4 is 10.5 Å². The van der Waals surface area contributed by atoms with Crippen molar-refractivity contribution < 1.29 is 17.9 Å². The molecular formula is C13H9F3N4O. The summed E-state index contributed by atoms with van der Waals surface area (Å²) in [5.41, 5.74) is 7.02. The monoisotopic (exact) mass is 294 g/mol. The summed E-state index contributed by atoms with van der Waals surface area (Å²) in [6.45, 7) is 0. The number of anilines is 1. The van der Waals surface area contributed by atoms with E-state index in [9.17, 15) is 13.2 Å². The predicted molar refractivity (Wildman–Crippen MR) is 70.0 cm³/mol. The Balaban J connectivity index is 2.00. The molecule has 0 radical (unpaired) electrons. The Labute approximate surface area is 116 Å². The Kier molecular flexibility index (Phi) is 2.93. The van der Waals surface area contributed by atoms with Crippen LogP contribution in [0.1, 0.15) is 0 Å². The number of nitrogens with two attached hydrogens (primary N) is 1. The van der Waals surface area contributed by atoms with Crippen LogP contribution in [0.3, 0.4) is 0 Å². The van der Waals surface area contributed by atoms with Gasteiger partial charge in [-0.3, -0.25) is 4.98 Å². The third-order valence-electron chi connectivity index (χ3n) is 2.83. The van der Waals surface area contributed by atoms with Crippen molar-refractivity contribution in [2.45, 2.75) is 6.36 Å². The summed E-state index contributed by atoms with van der Waals surface area (Å²) in [4.78, 5) is 3.99. The minimum Gasteiger partial charge on any atom is -0.406 e. The minimum absolute atomic E-state index is 0.297. The standard InChI is InChI=1S/C13H9F3N4O/c14-13(15,16)21-9-3-1-8(2-4-9)20-11-7-18-6-5-10(11)12(17)19-20/h1-7H,(H2,17,19). The largest absolute Gasteiger partial charge is 0.573 e. The highest BCUT2D eigenvalue weighted by atomic mass is 19.4. The number of alkyl halides is 3. The molecule has 0 saturated carbocycles. The molecule has 2 N–H and O–H groups in total. The van der Waals surface area contributed by atoms with Crippen molar-refractivity contribution in [1.29, 1.82) is 0 Å². The Bertz CT molecular complexity index is 780. The van der Waals surface area contributed by atoms with Crippen LogP contribution in [0, 0.1) is 0 Å². The van der Waals surface area contributed by atoms with Crippen LogP contribution in [-0.4, -0.2) is 21.1 Å². The highest BCUT2D eigenvalue weighted by molar-refractivity contribution is 5.89. The fourth-order valence-electron chi connectivity index (χ4n) is 1.97. The molecule has 2 heterocycles. The second-order valence-electron chi connectivity index (χ2n) is 4.23. The van der Waals surface area contributed by atoms with Gasteiger partial charge in [-0.15, -0.1) is 18.3 Å². The molecule has 8 heteroatoms. The Morgan fingerprint density at radius 1 is 1.10 bits per heavy atom. The maximum absolute atomic E-state index is 12.1. The number of nitrogens with zero attached hydrogens (tertiary/aromatic N) is 3. The van der Waals surface area contributed by atoms with E-state index in [-0.39, 0.29) is 5.75 Å². The molecule has 0 saturated heterocycles. The molecule has 0 amide bonds. The topological polar surface area (TPSA) is 66.0 Å². The zero-order valence-electron chi connectivity index (χ0n) is 10.5. The molecule has 3 aromatic rings. The number of nitrogen functional groups attached to an aromatic ring is 1. The van der Waals surface area contributed by atoms with Gasteiger partial charge in [-0.1, -0.05) is 0 Å². The summed E-state index contributed by atoms with van der Waals surface area (Å²) in [5, 5.41) is 4.88. The molecule has 2 aromatic heterocycles. The SMILES string of the molecule is Nc1nn(-c2ccc(OC(F)(F)F)cc2)c2cnccc12. The van der Waals surface area contributed by atoms with Crippen molar-refractivity contribution in [1.82, 2.24) is 14.8 Å². The van der Waals surface area contributed by atoms with Crippen LogP contribution >= 0.6 is 0 Å². The number of halogens is 3. The van der Waals surface area contributed by atoms with Gasteiger partial charge in [0.05, 0.1) is 17.4 Å². The zero-order valence-corrected chi connectivity index (χ0v) is 10.5. The first-order chi connectivity index (χ1) is 9.94. The average Bonchev–Trinajstić information content (AvgIpc) is 2.76. The van der Waals surface area contributed by atoms with E-state index in [0.717, 1.165) is 5.39 Å². The van der Waals surface area contributed by atoms with Gasteiger partial charge in [-0.25, -0.2) is 4.68 Å². The Hall–Kier alpha value is -2.77. The maximum Gasteiger partial charge on any atom is 0.573 e. The highest BCUT2D eigenvalue weighted by Crippen LogP contribution is 2.26. The Morgan fingerprint density at radius 2 is 1.81 bits per heavy atom. The molecule has 108 valence electrons. The van der Waals surface area contributed by atoms with E-state index in [2.05, 4.69) is 14.8 Å². The number of aromatic nitrogens is 3. The number of benzene rings is 1. The fraction of sp³-hybridized carbons (Fsp3) is 0.0769. The molecule has 0 atom stereocenters. The van der Waals surface area contributed by atoms with Crippen LogP contribution in [0.15, 0.2) is 42.7 Å². The van der Waals surface area contributed by atoms with Crippen LogP contribution in [0.25, 0.3) is 16.6 Å². The number of rotatable bonds is 2. The van der Waals surface area contributed by atoms with E-state index >= 15 is 0 Å². The normalized spacial score (nSPS) is 11.8. The van der Waals surface area contributed by atoms with E-state index in [1.54, 1.807) is 18.5 Å². The van der Waals surface area contributed by atoms with Gasteiger partial charge in [0.1, 0.15) is 5.75 Å². The lowest BCUT2D eigenvalue weighted by molar-refractivity contribution is -0.274. The molecule has 0 bridgehead atoms. The molecule has 1 aromatic carbocycles. The van der Waals surface area contributed by atoms with Gasteiger partial charge >= 0.3 is 6.36 Å². The lowest BCUT2D eigenvalue weighted by Crippen LogP contribution is -2.17. The summed E-state index contributed by atoms with van der Waals surface area (Å²) in [5.74, 6) is 0.0248.